The van der Waals surface area contributed by atoms with Gasteiger partial charge in [-0.3, -0.25) is 0 Å². The Labute approximate surface area is 54.2 Å². The van der Waals surface area contributed by atoms with Crippen LogP contribution in [-0.4, -0.2) is 28.4 Å². The summed E-state index contributed by atoms with van der Waals surface area (Å²) >= 11 is 0. The minimum atomic E-state index is -1.97. The van der Waals surface area contributed by atoms with Crippen LogP contribution in [0.3, 0.4) is 0 Å². The maximum Gasteiger partial charge on any atom is 0.509 e. The van der Waals surface area contributed by atoms with E-state index in [1.165, 1.54) is 6.08 Å². The van der Waals surface area contributed by atoms with E-state index in [2.05, 4.69) is 6.58 Å². The molecule has 0 saturated carbocycles. The second-order valence-corrected chi connectivity index (χ2v) is 1.89. The summed E-state index contributed by atoms with van der Waals surface area (Å²) in [5.41, 5.74) is 0. The van der Waals surface area contributed by atoms with Gasteiger partial charge in [0.1, 0.15) is 0 Å². The van der Waals surface area contributed by atoms with Crippen molar-refractivity contribution >= 4 is 25.4 Å². The highest BCUT2D eigenvalue weighted by molar-refractivity contribution is 7.38. The van der Waals surface area contributed by atoms with Crippen LogP contribution in [0.15, 0.2) is 12.7 Å². The molecule has 0 aliphatic heterocycles. The van der Waals surface area contributed by atoms with Gasteiger partial charge in [-0.2, -0.15) is 4.89 Å². The van der Waals surface area contributed by atoms with Gasteiger partial charge < -0.3 is 0 Å². The zero-order valence-corrected chi connectivity index (χ0v) is 4.19. The van der Waals surface area contributed by atoms with Gasteiger partial charge in [-0.25, -0.2) is 0 Å². The second kappa shape index (κ2) is 6.33. The van der Waals surface area contributed by atoms with Crippen LogP contribution in [0.2, 0.25) is 0 Å². The van der Waals surface area contributed by atoms with E-state index in [0.29, 0.717) is 0 Å². The molecule has 0 fully saturated rings. The predicted octanol–water partition coefficient (Wildman–Crippen LogP) is -0.277. The van der Waals surface area contributed by atoms with Gasteiger partial charge in [0.05, 0.1) is 0 Å². The Kier molecular flexibility index (Phi) is 9.35. The molecule has 0 aromatic carbocycles. The summed E-state index contributed by atoms with van der Waals surface area (Å²) in [6.45, 7) is 3.26. The van der Waals surface area contributed by atoms with E-state index >= 15 is 0 Å². The Morgan fingerprint density at radius 3 is 2.29 bits per heavy atom. The van der Waals surface area contributed by atoms with E-state index in [0.717, 1.165) is 0 Å². The minimum Gasteiger partial charge on any atom is -0.160 e. The van der Waals surface area contributed by atoms with Gasteiger partial charge >= 0.3 is 8.03 Å². The first-order valence-electron chi connectivity index (χ1n) is 1.52. The first kappa shape index (κ1) is 10.3. The molecule has 1 atom stereocenters. The molecular formula is C3H9AlO2P+. The van der Waals surface area contributed by atoms with Gasteiger partial charge in [0.25, 0.3) is 0 Å². The molecule has 0 aliphatic rings. The molecule has 0 bridgehead atoms. The quantitative estimate of drug-likeness (QED) is 0.321. The lowest BCUT2D eigenvalue weighted by atomic mass is 10.8. The predicted molar refractivity (Wildman–Crippen MR) is 34.8 cm³/mol. The Balaban J connectivity index is 0. The van der Waals surface area contributed by atoms with Crippen LogP contribution < -0.4 is 0 Å². The fourth-order valence-corrected chi connectivity index (χ4v) is 0.331. The van der Waals surface area contributed by atoms with E-state index in [9.17, 15) is 4.57 Å². The van der Waals surface area contributed by atoms with Gasteiger partial charge in [-0.1, -0.05) is 6.58 Å². The molecule has 0 saturated heterocycles. The summed E-state index contributed by atoms with van der Waals surface area (Å²) in [4.78, 5) is 7.99. The fraction of sp³-hybridized carbons (Fsp3) is 0.333. The molecule has 0 radical (unpaired) electrons. The highest BCUT2D eigenvalue weighted by Crippen LogP contribution is 2.10. The molecular weight excluding hydrogens is 126 g/mol. The van der Waals surface area contributed by atoms with Crippen molar-refractivity contribution in [1.29, 1.82) is 0 Å². The maximum atomic E-state index is 9.68. The van der Waals surface area contributed by atoms with Crippen LogP contribution in [0.25, 0.3) is 0 Å². The number of hydrogen-bond acceptors (Lipinski definition) is 1. The highest BCUT2D eigenvalue weighted by Gasteiger charge is 2.01. The molecule has 1 N–H and O–H groups in total. The molecule has 1 unspecified atom stereocenters. The molecule has 0 heterocycles. The van der Waals surface area contributed by atoms with Crippen LogP contribution in [0.5, 0.6) is 0 Å². The summed E-state index contributed by atoms with van der Waals surface area (Å²) in [6.07, 6.45) is 1.62. The average molecular weight is 135 g/mol. The van der Waals surface area contributed by atoms with E-state index in [1.54, 1.807) is 0 Å². The SMILES string of the molecule is C=CC[P+](=O)O.[AlH3]. The zero-order valence-electron chi connectivity index (χ0n) is 3.29. The summed E-state index contributed by atoms with van der Waals surface area (Å²) in [6, 6.07) is 0. The molecule has 0 spiro atoms. The molecule has 0 amide bonds. The molecule has 0 aliphatic carbocycles. The van der Waals surface area contributed by atoms with Gasteiger partial charge in [0, 0.05) is 0 Å². The van der Waals surface area contributed by atoms with Crippen LogP contribution in [-0.2, 0) is 4.57 Å². The third kappa shape index (κ3) is 10.7. The third-order valence-electron chi connectivity index (χ3n) is 0.285. The minimum absolute atomic E-state index is 0. The summed E-state index contributed by atoms with van der Waals surface area (Å²) in [5.74, 6) is 0. The van der Waals surface area contributed by atoms with E-state index in [1.807, 2.05) is 0 Å². The smallest absolute Gasteiger partial charge is 0.160 e. The van der Waals surface area contributed by atoms with Crippen molar-refractivity contribution in [1.82, 2.24) is 0 Å². The Hall–Kier alpha value is 0.332. The first-order chi connectivity index (χ1) is 2.77. The summed E-state index contributed by atoms with van der Waals surface area (Å²) in [7, 11) is -1.97. The van der Waals surface area contributed by atoms with Gasteiger partial charge in [0.2, 0.25) is 0 Å². The normalized spacial score (nSPS) is 9.00. The lowest BCUT2D eigenvalue weighted by Crippen LogP contribution is -1.61. The van der Waals surface area contributed by atoms with Gasteiger partial charge in [0.15, 0.2) is 23.5 Å². The summed E-state index contributed by atoms with van der Waals surface area (Å²) < 4.78 is 9.68. The number of hydrogen-bond donors (Lipinski definition) is 1. The topological polar surface area (TPSA) is 37.3 Å². The standard InChI is InChI=1S/C3H5O2P.Al.3H/c1-2-3-6(4)5;;;;/h2H,1,3H2;;;;/p+1. The molecule has 40 valence electrons. The van der Waals surface area contributed by atoms with Crippen molar-refractivity contribution in [2.45, 2.75) is 0 Å². The van der Waals surface area contributed by atoms with Gasteiger partial charge in [-0.15, -0.1) is 0 Å². The van der Waals surface area contributed by atoms with E-state index in [-0.39, 0.29) is 23.5 Å². The van der Waals surface area contributed by atoms with E-state index < -0.39 is 8.03 Å². The molecule has 7 heavy (non-hydrogen) atoms. The molecule has 4 heteroatoms. The monoisotopic (exact) mass is 135 g/mol. The van der Waals surface area contributed by atoms with Crippen molar-refractivity contribution in [2.24, 2.45) is 0 Å². The van der Waals surface area contributed by atoms with Gasteiger partial charge in [-0.05, 0) is 10.6 Å². The Morgan fingerprint density at radius 1 is 1.86 bits per heavy atom. The first-order valence-corrected chi connectivity index (χ1v) is 2.91. The Bertz CT molecular complexity index is 73.3. The van der Waals surface area contributed by atoms with Crippen molar-refractivity contribution in [3.8, 4) is 0 Å². The number of allylic oxidation sites excluding steroid dienone is 1. The summed E-state index contributed by atoms with van der Waals surface area (Å²) in [5, 5.41) is 0. The van der Waals surface area contributed by atoms with Crippen LogP contribution in [0, 0.1) is 0 Å². The van der Waals surface area contributed by atoms with Crippen molar-refractivity contribution in [3.05, 3.63) is 12.7 Å². The molecule has 2 nitrogen and oxygen atoms in total. The van der Waals surface area contributed by atoms with Crippen molar-refractivity contribution in [2.75, 3.05) is 6.16 Å². The lowest BCUT2D eigenvalue weighted by Gasteiger charge is -1.58. The molecule has 0 aromatic heterocycles. The molecule has 0 rings (SSSR count). The lowest BCUT2D eigenvalue weighted by molar-refractivity contribution is 0.506. The second-order valence-electron chi connectivity index (χ2n) is 0.823. The molecule has 0 aromatic rings. The third-order valence-corrected chi connectivity index (χ3v) is 0.856. The zero-order chi connectivity index (χ0) is 4.99. The average Bonchev–Trinajstić information content (AvgIpc) is 1.35. The van der Waals surface area contributed by atoms with Crippen molar-refractivity contribution in [3.63, 3.8) is 0 Å². The number of rotatable bonds is 2. The van der Waals surface area contributed by atoms with Crippen molar-refractivity contribution < 1.29 is 9.46 Å². The largest absolute Gasteiger partial charge is 0.509 e. The van der Waals surface area contributed by atoms with Crippen LogP contribution in [0.4, 0.5) is 0 Å². The van der Waals surface area contributed by atoms with Crippen LogP contribution in [0.1, 0.15) is 0 Å². The van der Waals surface area contributed by atoms with E-state index in [4.69, 9.17) is 4.89 Å². The maximum absolute atomic E-state index is 9.68. The van der Waals surface area contributed by atoms with Crippen LogP contribution >= 0.6 is 8.03 Å². The fourth-order valence-electron chi connectivity index (χ4n) is 0.110. The Morgan fingerprint density at radius 2 is 2.29 bits per heavy atom. The highest BCUT2D eigenvalue weighted by atomic mass is 31.1.